The maximum atomic E-state index is 12.4. The number of nitro benzene ring substituents is 1. The number of benzene rings is 2. The fourth-order valence-electron chi connectivity index (χ4n) is 2.74. The molecule has 0 fully saturated rings. The molecule has 12 heteroatoms. The zero-order chi connectivity index (χ0) is 24.2. The number of nitrogens with zero attached hydrogens (tertiary/aromatic N) is 1. The van der Waals surface area contributed by atoms with Crippen molar-refractivity contribution in [3.05, 3.63) is 64.2 Å². The van der Waals surface area contributed by atoms with E-state index in [0.717, 1.165) is 0 Å². The van der Waals surface area contributed by atoms with E-state index in [4.69, 9.17) is 15.2 Å². The van der Waals surface area contributed by atoms with Crippen LogP contribution >= 0.6 is 0 Å². The highest BCUT2D eigenvalue weighted by Crippen LogP contribution is 2.18. The van der Waals surface area contributed by atoms with E-state index in [-0.39, 0.29) is 24.0 Å². The summed E-state index contributed by atoms with van der Waals surface area (Å²) in [5, 5.41) is 18.8. The zero-order valence-corrected chi connectivity index (χ0v) is 17.9. The van der Waals surface area contributed by atoms with Crippen molar-refractivity contribution in [2.75, 3.05) is 18.9 Å². The predicted octanol–water partition coefficient (Wildman–Crippen LogP) is 2.29. The number of rotatable bonds is 11. The average molecular weight is 459 g/mol. The topological polar surface area (TPSA) is 175 Å². The molecule has 0 aliphatic carbocycles. The van der Waals surface area contributed by atoms with Gasteiger partial charge in [0.1, 0.15) is 12.4 Å². The van der Waals surface area contributed by atoms with E-state index in [1.807, 2.05) is 0 Å². The molecule has 0 saturated carbocycles. The van der Waals surface area contributed by atoms with Gasteiger partial charge in [0.25, 0.3) is 5.69 Å². The van der Waals surface area contributed by atoms with Gasteiger partial charge in [0.05, 0.1) is 11.0 Å². The highest BCUT2D eigenvalue weighted by Gasteiger charge is 2.16. The van der Waals surface area contributed by atoms with E-state index in [2.05, 4.69) is 16.0 Å². The zero-order valence-electron chi connectivity index (χ0n) is 17.9. The number of anilines is 1. The number of primary amides is 1. The van der Waals surface area contributed by atoms with Crippen molar-refractivity contribution in [1.29, 1.82) is 0 Å². The summed E-state index contributed by atoms with van der Waals surface area (Å²) < 4.78 is 9.99. The lowest BCUT2D eigenvalue weighted by Crippen LogP contribution is -2.39. The summed E-state index contributed by atoms with van der Waals surface area (Å²) in [5.74, 6) is -0.111. The fourth-order valence-corrected chi connectivity index (χ4v) is 2.74. The fraction of sp³-hybridized carbons (Fsp3) is 0.286. The van der Waals surface area contributed by atoms with Gasteiger partial charge in [0.2, 0.25) is 5.91 Å². The number of nitrogens with two attached hydrogens (primary N) is 1. The van der Waals surface area contributed by atoms with Gasteiger partial charge in [-0.1, -0.05) is 12.1 Å². The van der Waals surface area contributed by atoms with Crippen LogP contribution in [0.5, 0.6) is 5.75 Å². The Labute approximate surface area is 189 Å². The smallest absolute Gasteiger partial charge is 0.429 e. The summed E-state index contributed by atoms with van der Waals surface area (Å²) in [6, 6.07) is 10.7. The first-order valence-electron chi connectivity index (χ1n) is 9.98. The summed E-state index contributed by atoms with van der Waals surface area (Å²) in [6.45, 7) is 0.314. The molecule has 0 bridgehead atoms. The minimum Gasteiger partial charge on any atom is -0.429 e. The van der Waals surface area contributed by atoms with Gasteiger partial charge in [-0.25, -0.2) is 9.59 Å². The summed E-state index contributed by atoms with van der Waals surface area (Å²) in [6.07, 6.45) is 0.128. The summed E-state index contributed by atoms with van der Waals surface area (Å²) in [7, 11) is 1.67. The number of amides is 3. The highest BCUT2D eigenvalue weighted by atomic mass is 16.7. The molecule has 33 heavy (non-hydrogen) atoms. The van der Waals surface area contributed by atoms with Crippen LogP contribution in [0.1, 0.15) is 18.4 Å². The minimum absolute atomic E-state index is 0.0634. The molecular formula is C21H25N5O7. The van der Waals surface area contributed by atoms with Crippen molar-refractivity contribution in [3.63, 3.8) is 0 Å². The largest absolute Gasteiger partial charge is 0.514 e. The molecule has 0 aliphatic heterocycles. The van der Waals surface area contributed by atoms with Crippen LogP contribution in [0.25, 0.3) is 0 Å². The molecule has 2 aromatic rings. The molecule has 0 saturated heterocycles. The van der Waals surface area contributed by atoms with Crippen LogP contribution in [0.3, 0.4) is 0 Å². The Balaban J connectivity index is 1.78. The maximum absolute atomic E-state index is 12.4. The van der Waals surface area contributed by atoms with Gasteiger partial charge in [0.15, 0.2) is 0 Å². The molecule has 3 amide bonds. The van der Waals surface area contributed by atoms with Crippen LogP contribution in [0.2, 0.25) is 0 Å². The van der Waals surface area contributed by atoms with Crippen LogP contribution in [0, 0.1) is 10.1 Å². The van der Waals surface area contributed by atoms with Crippen molar-refractivity contribution in [1.82, 2.24) is 10.6 Å². The molecular weight excluding hydrogens is 434 g/mol. The minimum atomic E-state index is -0.955. The molecule has 2 aromatic carbocycles. The number of urea groups is 1. The number of hydrogen-bond acceptors (Lipinski definition) is 8. The van der Waals surface area contributed by atoms with E-state index in [1.165, 1.54) is 24.3 Å². The van der Waals surface area contributed by atoms with Gasteiger partial charge in [0, 0.05) is 24.4 Å². The van der Waals surface area contributed by atoms with Crippen molar-refractivity contribution in [2.24, 2.45) is 5.73 Å². The molecule has 1 atom stereocenters. The molecule has 0 spiro atoms. The number of nitrogens with one attached hydrogen (secondary N) is 3. The number of ether oxygens (including phenoxy) is 2. The Hall–Kier alpha value is -4.19. The van der Waals surface area contributed by atoms with E-state index in [1.54, 1.807) is 31.3 Å². The predicted molar refractivity (Wildman–Crippen MR) is 119 cm³/mol. The van der Waals surface area contributed by atoms with Crippen LogP contribution in [-0.2, 0) is 16.1 Å². The van der Waals surface area contributed by atoms with Crippen molar-refractivity contribution in [3.8, 4) is 5.75 Å². The van der Waals surface area contributed by atoms with Gasteiger partial charge in [-0.05, 0) is 49.7 Å². The molecule has 0 aromatic heterocycles. The van der Waals surface area contributed by atoms with Crippen LogP contribution in [-0.4, -0.2) is 42.7 Å². The second-order valence-corrected chi connectivity index (χ2v) is 6.85. The Morgan fingerprint density at radius 2 is 1.76 bits per heavy atom. The number of non-ortho nitro benzene ring substituents is 1. The van der Waals surface area contributed by atoms with Crippen LogP contribution in [0.15, 0.2) is 48.5 Å². The van der Waals surface area contributed by atoms with Gasteiger partial charge in [-0.15, -0.1) is 0 Å². The van der Waals surface area contributed by atoms with Crippen molar-refractivity contribution < 1.29 is 28.8 Å². The van der Waals surface area contributed by atoms with Gasteiger partial charge >= 0.3 is 12.2 Å². The van der Waals surface area contributed by atoms with Crippen LogP contribution in [0.4, 0.5) is 21.0 Å². The van der Waals surface area contributed by atoms with E-state index in [0.29, 0.717) is 30.6 Å². The third-order valence-electron chi connectivity index (χ3n) is 4.46. The summed E-state index contributed by atoms with van der Waals surface area (Å²) >= 11 is 0. The molecule has 176 valence electrons. The average Bonchev–Trinajstić information content (AvgIpc) is 2.78. The second-order valence-electron chi connectivity index (χ2n) is 6.85. The lowest BCUT2D eigenvalue weighted by Gasteiger charge is -2.16. The SMILES string of the molecule is CN[C@@H](CCCNC(N)=O)C(=O)Nc1ccc(COC(=O)Oc2ccc([N+](=O)[O-])cc2)cc1. The molecule has 0 aliphatic rings. The summed E-state index contributed by atoms with van der Waals surface area (Å²) in [5.41, 5.74) is 6.11. The number of hydrogen-bond donors (Lipinski definition) is 4. The normalized spacial score (nSPS) is 11.2. The Morgan fingerprint density at radius 1 is 1.09 bits per heavy atom. The second kappa shape index (κ2) is 12.6. The van der Waals surface area contributed by atoms with E-state index >= 15 is 0 Å². The van der Waals surface area contributed by atoms with E-state index in [9.17, 15) is 24.5 Å². The number of carbonyl (C=O) groups is 3. The van der Waals surface area contributed by atoms with Crippen molar-refractivity contribution >= 4 is 29.5 Å². The van der Waals surface area contributed by atoms with Crippen LogP contribution < -0.4 is 26.4 Å². The van der Waals surface area contributed by atoms with Gasteiger partial charge < -0.3 is 31.2 Å². The first kappa shape index (κ1) is 25.1. The first-order chi connectivity index (χ1) is 15.8. The molecule has 0 radical (unpaired) electrons. The molecule has 0 heterocycles. The number of carbonyl (C=O) groups excluding carboxylic acids is 3. The Morgan fingerprint density at radius 3 is 2.33 bits per heavy atom. The van der Waals surface area contributed by atoms with Gasteiger partial charge in [-0.2, -0.15) is 0 Å². The number of nitro groups is 1. The van der Waals surface area contributed by atoms with E-state index < -0.39 is 23.2 Å². The summed E-state index contributed by atoms with van der Waals surface area (Å²) in [4.78, 5) is 44.9. The quantitative estimate of drug-likeness (QED) is 0.130. The van der Waals surface area contributed by atoms with Crippen molar-refractivity contribution in [2.45, 2.75) is 25.5 Å². The monoisotopic (exact) mass is 459 g/mol. The highest BCUT2D eigenvalue weighted by molar-refractivity contribution is 5.94. The third kappa shape index (κ3) is 8.83. The number of likely N-dealkylation sites (N-methyl/N-ethyl adjacent to an activating group) is 1. The first-order valence-corrected chi connectivity index (χ1v) is 9.98. The maximum Gasteiger partial charge on any atom is 0.514 e. The Bertz CT molecular complexity index is 964. The Kier molecular flexibility index (Phi) is 9.58. The molecule has 2 rings (SSSR count). The molecule has 5 N–H and O–H groups in total. The molecule has 12 nitrogen and oxygen atoms in total. The standard InChI is InChI=1S/C21H25N5O7/c1-23-18(3-2-12-24-20(22)28)19(27)25-15-6-4-14(5-7-15)13-32-21(29)33-17-10-8-16(9-11-17)26(30)31/h4-11,18,23H,2-3,12-13H2,1H3,(H,25,27)(H3,22,24,28)/t18-/m0/s1. The van der Waals surface area contributed by atoms with Gasteiger partial charge in [-0.3, -0.25) is 14.9 Å². The molecule has 0 unspecified atom stereocenters. The third-order valence-corrected chi connectivity index (χ3v) is 4.46. The lowest BCUT2D eigenvalue weighted by molar-refractivity contribution is -0.384. The lowest BCUT2D eigenvalue weighted by atomic mass is 10.1.